The van der Waals surface area contributed by atoms with Gasteiger partial charge in [-0.1, -0.05) is 24.3 Å². The van der Waals surface area contributed by atoms with Crippen molar-refractivity contribution in [2.45, 2.75) is 6.92 Å². The van der Waals surface area contributed by atoms with Gasteiger partial charge in [-0.15, -0.1) is 0 Å². The lowest BCUT2D eigenvalue weighted by molar-refractivity contribution is 0.0527. The van der Waals surface area contributed by atoms with E-state index < -0.39 is 11.9 Å². The average Bonchev–Trinajstić information content (AvgIpc) is 2.75. The molecular weight excluding hydrogens is 372 g/mol. The minimum Gasteiger partial charge on any atom is -0.495 e. The van der Waals surface area contributed by atoms with Crippen molar-refractivity contribution in [3.63, 3.8) is 0 Å². The Bertz CT molecular complexity index is 1020. The van der Waals surface area contributed by atoms with E-state index in [9.17, 15) is 9.59 Å². The number of rotatable bonds is 7. The minimum atomic E-state index is -0.446. The van der Waals surface area contributed by atoms with Crippen LogP contribution in [0.4, 0.5) is 17.2 Å². The summed E-state index contributed by atoms with van der Waals surface area (Å²) >= 11 is 0. The maximum Gasteiger partial charge on any atom is 0.340 e. The SMILES string of the molecule is CCOC(=O)c1ccccc1Nc1cc(C(=O)Nc2ccccc2OC)ncn1. The number of esters is 1. The van der Waals surface area contributed by atoms with E-state index in [1.54, 1.807) is 49.4 Å². The Morgan fingerprint density at radius 1 is 1.00 bits per heavy atom. The number of carbonyl (C=O) groups is 2. The van der Waals surface area contributed by atoms with Crippen LogP contribution in [0.25, 0.3) is 0 Å². The molecule has 0 radical (unpaired) electrons. The van der Waals surface area contributed by atoms with Crippen molar-refractivity contribution < 1.29 is 19.1 Å². The Kier molecular flexibility index (Phi) is 6.36. The first-order chi connectivity index (χ1) is 14.1. The van der Waals surface area contributed by atoms with Gasteiger partial charge in [-0.05, 0) is 31.2 Å². The van der Waals surface area contributed by atoms with Crippen molar-refractivity contribution >= 4 is 29.1 Å². The third kappa shape index (κ3) is 4.86. The van der Waals surface area contributed by atoms with Crippen molar-refractivity contribution in [2.24, 2.45) is 0 Å². The fraction of sp³-hybridized carbons (Fsp3) is 0.143. The van der Waals surface area contributed by atoms with E-state index in [2.05, 4.69) is 20.6 Å². The smallest absolute Gasteiger partial charge is 0.340 e. The lowest BCUT2D eigenvalue weighted by atomic mass is 10.2. The largest absolute Gasteiger partial charge is 0.495 e. The van der Waals surface area contributed by atoms with Crippen molar-refractivity contribution in [3.8, 4) is 5.75 Å². The molecule has 0 aliphatic rings. The van der Waals surface area contributed by atoms with E-state index in [0.29, 0.717) is 28.5 Å². The van der Waals surface area contributed by atoms with Crippen LogP contribution in [-0.2, 0) is 4.74 Å². The molecule has 0 saturated carbocycles. The molecule has 0 saturated heterocycles. The number of carbonyl (C=O) groups excluding carboxylic acids is 2. The summed E-state index contributed by atoms with van der Waals surface area (Å²) < 4.78 is 10.3. The summed E-state index contributed by atoms with van der Waals surface area (Å²) in [5.74, 6) is 0.0379. The number of nitrogens with one attached hydrogen (secondary N) is 2. The molecule has 1 heterocycles. The van der Waals surface area contributed by atoms with Crippen molar-refractivity contribution in [1.82, 2.24) is 9.97 Å². The van der Waals surface area contributed by atoms with Gasteiger partial charge in [-0.3, -0.25) is 4.79 Å². The van der Waals surface area contributed by atoms with Gasteiger partial charge in [-0.25, -0.2) is 14.8 Å². The highest BCUT2D eigenvalue weighted by molar-refractivity contribution is 6.04. The highest BCUT2D eigenvalue weighted by Crippen LogP contribution is 2.24. The van der Waals surface area contributed by atoms with Gasteiger partial charge in [0, 0.05) is 6.07 Å². The topological polar surface area (TPSA) is 102 Å². The molecule has 2 aromatic carbocycles. The van der Waals surface area contributed by atoms with Crippen LogP contribution in [0.15, 0.2) is 60.9 Å². The molecule has 1 amide bonds. The Morgan fingerprint density at radius 3 is 2.48 bits per heavy atom. The van der Waals surface area contributed by atoms with E-state index in [0.717, 1.165) is 0 Å². The summed E-state index contributed by atoms with van der Waals surface area (Å²) in [5.41, 5.74) is 1.57. The maximum atomic E-state index is 12.6. The third-order valence-corrected chi connectivity index (χ3v) is 3.94. The predicted octanol–water partition coefficient (Wildman–Crippen LogP) is 3.66. The molecule has 29 heavy (non-hydrogen) atoms. The number of benzene rings is 2. The molecule has 0 spiro atoms. The molecule has 0 aliphatic heterocycles. The monoisotopic (exact) mass is 392 g/mol. The summed E-state index contributed by atoms with van der Waals surface area (Å²) in [5, 5.41) is 5.80. The summed E-state index contributed by atoms with van der Waals surface area (Å²) in [7, 11) is 1.53. The van der Waals surface area contributed by atoms with Crippen molar-refractivity contribution in [3.05, 3.63) is 72.2 Å². The molecule has 1 aromatic heterocycles. The summed E-state index contributed by atoms with van der Waals surface area (Å²) in [6.45, 7) is 2.01. The predicted molar refractivity (Wildman–Crippen MR) is 109 cm³/mol. The number of methoxy groups -OCH3 is 1. The van der Waals surface area contributed by atoms with Crippen LogP contribution in [0.1, 0.15) is 27.8 Å². The van der Waals surface area contributed by atoms with Crippen LogP contribution in [0, 0.1) is 0 Å². The van der Waals surface area contributed by atoms with Gasteiger partial charge in [0.15, 0.2) is 0 Å². The second-order valence-electron chi connectivity index (χ2n) is 5.83. The van der Waals surface area contributed by atoms with Crippen LogP contribution < -0.4 is 15.4 Å². The molecule has 3 aromatic rings. The van der Waals surface area contributed by atoms with Crippen molar-refractivity contribution in [1.29, 1.82) is 0 Å². The van der Waals surface area contributed by atoms with Gasteiger partial charge in [-0.2, -0.15) is 0 Å². The Labute approximate surface area is 167 Å². The third-order valence-electron chi connectivity index (χ3n) is 3.94. The highest BCUT2D eigenvalue weighted by atomic mass is 16.5. The normalized spacial score (nSPS) is 10.1. The molecule has 0 unspecified atom stereocenters. The summed E-state index contributed by atoms with van der Waals surface area (Å²) in [4.78, 5) is 32.9. The quantitative estimate of drug-likeness (QED) is 0.592. The second kappa shape index (κ2) is 9.32. The summed E-state index contributed by atoms with van der Waals surface area (Å²) in [6, 6.07) is 15.5. The molecule has 8 nitrogen and oxygen atoms in total. The Balaban J connectivity index is 1.80. The zero-order valence-electron chi connectivity index (χ0n) is 16.0. The molecule has 0 bridgehead atoms. The van der Waals surface area contributed by atoms with E-state index in [1.165, 1.54) is 19.5 Å². The van der Waals surface area contributed by atoms with Crippen LogP contribution in [0.5, 0.6) is 5.75 Å². The molecular formula is C21H20N4O4. The summed E-state index contributed by atoms with van der Waals surface area (Å²) in [6.07, 6.45) is 1.27. The van der Waals surface area contributed by atoms with Gasteiger partial charge in [0.25, 0.3) is 5.91 Å². The fourth-order valence-corrected chi connectivity index (χ4v) is 2.60. The maximum absolute atomic E-state index is 12.6. The van der Waals surface area contributed by atoms with E-state index in [-0.39, 0.29) is 12.3 Å². The van der Waals surface area contributed by atoms with E-state index in [1.807, 2.05) is 6.07 Å². The molecule has 0 fully saturated rings. The molecule has 148 valence electrons. The standard InChI is InChI=1S/C21H20N4O4/c1-3-29-21(27)14-8-4-5-9-15(14)24-19-12-17(22-13-23-19)20(26)25-16-10-6-7-11-18(16)28-2/h4-13H,3H2,1-2H3,(H,25,26)(H,22,23,24). The molecule has 2 N–H and O–H groups in total. The van der Waals surface area contributed by atoms with Gasteiger partial charge in [0.1, 0.15) is 23.6 Å². The Hall–Kier alpha value is -3.94. The molecule has 0 atom stereocenters. The first-order valence-electron chi connectivity index (χ1n) is 8.92. The molecule has 0 aliphatic carbocycles. The number of aromatic nitrogens is 2. The first-order valence-corrected chi connectivity index (χ1v) is 8.92. The minimum absolute atomic E-state index is 0.155. The number of para-hydroxylation sites is 3. The van der Waals surface area contributed by atoms with Crippen molar-refractivity contribution in [2.75, 3.05) is 24.4 Å². The second-order valence-corrected chi connectivity index (χ2v) is 5.83. The number of amides is 1. The lowest BCUT2D eigenvalue weighted by Crippen LogP contribution is -2.15. The van der Waals surface area contributed by atoms with Gasteiger partial charge >= 0.3 is 5.97 Å². The van der Waals surface area contributed by atoms with E-state index in [4.69, 9.17) is 9.47 Å². The number of ether oxygens (including phenoxy) is 2. The first kappa shape index (κ1) is 19.8. The number of hydrogen-bond acceptors (Lipinski definition) is 7. The van der Waals surface area contributed by atoms with Crippen LogP contribution in [0.2, 0.25) is 0 Å². The molecule has 3 rings (SSSR count). The highest BCUT2D eigenvalue weighted by Gasteiger charge is 2.15. The van der Waals surface area contributed by atoms with Crippen LogP contribution in [0.3, 0.4) is 0 Å². The number of hydrogen-bond donors (Lipinski definition) is 2. The number of anilines is 3. The van der Waals surface area contributed by atoms with Crippen LogP contribution in [-0.4, -0.2) is 35.6 Å². The number of nitrogens with zero attached hydrogens (tertiary/aromatic N) is 2. The lowest BCUT2D eigenvalue weighted by Gasteiger charge is -2.12. The van der Waals surface area contributed by atoms with Gasteiger partial charge in [0.05, 0.1) is 30.7 Å². The van der Waals surface area contributed by atoms with Gasteiger partial charge < -0.3 is 20.1 Å². The van der Waals surface area contributed by atoms with Crippen LogP contribution >= 0.6 is 0 Å². The zero-order chi connectivity index (χ0) is 20.6. The Morgan fingerprint density at radius 2 is 1.72 bits per heavy atom. The van der Waals surface area contributed by atoms with E-state index >= 15 is 0 Å². The fourth-order valence-electron chi connectivity index (χ4n) is 2.60. The molecule has 8 heteroatoms. The average molecular weight is 392 g/mol. The zero-order valence-corrected chi connectivity index (χ0v) is 16.0. The van der Waals surface area contributed by atoms with Gasteiger partial charge in [0.2, 0.25) is 0 Å².